The summed E-state index contributed by atoms with van der Waals surface area (Å²) in [6, 6.07) is 7.11. The Bertz CT molecular complexity index is 551. The Morgan fingerprint density at radius 2 is 2.00 bits per heavy atom. The number of para-hydroxylation sites is 1. The van der Waals surface area contributed by atoms with E-state index in [2.05, 4.69) is 19.2 Å². The maximum atomic E-state index is 12.3. The molecule has 1 atom stereocenters. The van der Waals surface area contributed by atoms with Gasteiger partial charge in [-0.3, -0.25) is 9.59 Å². The van der Waals surface area contributed by atoms with Crippen LogP contribution in [0.3, 0.4) is 0 Å². The average molecular weight is 303 g/mol. The molecular formula is C18H25NO3. The Morgan fingerprint density at radius 1 is 1.27 bits per heavy atom. The molecule has 0 spiro atoms. The van der Waals surface area contributed by atoms with Gasteiger partial charge in [0.2, 0.25) is 5.91 Å². The predicted octanol–water partition coefficient (Wildman–Crippen LogP) is 3.86. The molecule has 1 aromatic carbocycles. The van der Waals surface area contributed by atoms with E-state index in [1.54, 1.807) is 18.2 Å². The van der Waals surface area contributed by atoms with Crippen LogP contribution < -0.4 is 5.32 Å². The predicted molar refractivity (Wildman–Crippen MR) is 86.8 cm³/mol. The molecule has 2 N–H and O–H groups in total. The van der Waals surface area contributed by atoms with Gasteiger partial charge < -0.3 is 10.4 Å². The molecule has 0 saturated heterocycles. The van der Waals surface area contributed by atoms with Gasteiger partial charge >= 0.3 is 5.97 Å². The van der Waals surface area contributed by atoms with Gasteiger partial charge in [0.1, 0.15) is 0 Å². The van der Waals surface area contributed by atoms with Gasteiger partial charge in [-0.15, -0.1) is 0 Å². The molecule has 4 heteroatoms. The number of benzene rings is 1. The minimum atomic E-state index is -0.893. The Hall–Kier alpha value is -1.84. The van der Waals surface area contributed by atoms with Crippen molar-refractivity contribution < 1.29 is 14.7 Å². The first kappa shape index (κ1) is 16.5. The number of nitrogens with one attached hydrogen (secondary N) is 1. The highest BCUT2D eigenvalue weighted by Crippen LogP contribution is 2.42. The fourth-order valence-corrected chi connectivity index (χ4v) is 3.33. The first-order valence-corrected chi connectivity index (χ1v) is 7.98. The van der Waals surface area contributed by atoms with Crippen molar-refractivity contribution in [2.24, 2.45) is 11.3 Å². The fraction of sp³-hybridized carbons (Fsp3) is 0.556. The van der Waals surface area contributed by atoms with Crippen molar-refractivity contribution in [2.75, 3.05) is 5.32 Å². The molecule has 120 valence electrons. The van der Waals surface area contributed by atoms with Crippen LogP contribution in [0.2, 0.25) is 0 Å². The number of carbonyl (C=O) groups is 2. The zero-order chi connectivity index (χ0) is 16.2. The first-order chi connectivity index (χ1) is 10.4. The molecule has 1 aromatic rings. The monoisotopic (exact) mass is 303 g/mol. The van der Waals surface area contributed by atoms with Gasteiger partial charge in [0.15, 0.2) is 0 Å². The van der Waals surface area contributed by atoms with E-state index in [4.69, 9.17) is 5.11 Å². The summed E-state index contributed by atoms with van der Waals surface area (Å²) in [7, 11) is 0. The molecule has 0 aromatic heterocycles. The van der Waals surface area contributed by atoms with E-state index >= 15 is 0 Å². The lowest BCUT2D eigenvalue weighted by Gasteiger charge is -2.38. The largest absolute Gasteiger partial charge is 0.481 e. The van der Waals surface area contributed by atoms with Crippen LogP contribution in [-0.2, 0) is 16.0 Å². The lowest BCUT2D eigenvalue weighted by molar-refractivity contribution is -0.136. The number of rotatable bonds is 5. The maximum Gasteiger partial charge on any atom is 0.307 e. The number of amides is 1. The highest BCUT2D eigenvalue weighted by atomic mass is 16.4. The van der Waals surface area contributed by atoms with Crippen LogP contribution in [-0.4, -0.2) is 17.0 Å². The molecule has 1 fully saturated rings. The van der Waals surface area contributed by atoms with Crippen molar-refractivity contribution in [2.45, 2.75) is 52.4 Å². The second-order valence-electron chi connectivity index (χ2n) is 6.91. The zero-order valence-corrected chi connectivity index (χ0v) is 13.4. The number of carboxylic acids is 1. The van der Waals surface area contributed by atoms with Crippen molar-refractivity contribution in [3.05, 3.63) is 29.8 Å². The van der Waals surface area contributed by atoms with E-state index in [1.165, 1.54) is 19.3 Å². The summed E-state index contributed by atoms with van der Waals surface area (Å²) in [6.45, 7) is 4.48. The standard InChI is InChI=1S/C18H25NO3/c1-18(2)10-6-5-8-14(18)12-16(20)19-15-9-4-3-7-13(15)11-17(21)22/h3-4,7,9,14H,5-6,8,10-12H2,1-2H3,(H,19,20)(H,21,22). The minimum absolute atomic E-state index is 0.0159. The molecule has 22 heavy (non-hydrogen) atoms. The third-order valence-electron chi connectivity index (χ3n) is 4.79. The van der Waals surface area contributed by atoms with Gasteiger partial charge in [0, 0.05) is 12.1 Å². The SMILES string of the molecule is CC1(C)CCCCC1CC(=O)Nc1ccccc1CC(=O)O. The summed E-state index contributed by atoms with van der Waals surface area (Å²) in [5, 5.41) is 11.8. The Labute approximate surface area is 131 Å². The second-order valence-corrected chi connectivity index (χ2v) is 6.91. The summed E-state index contributed by atoms with van der Waals surface area (Å²) >= 11 is 0. The highest BCUT2D eigenvalue weighted by Gasteiger charge is 2.33. The van der Waals surface area contributed by atoms with E-state index in [9.17, 15) is 9.59 Å². The van der Waals surface area contributed by atoms with Crippen LogP contribution >= 0.6 is 0 Å². The zero-order valence-electron chi connectivity index (χ0n) is 13.4. The molecule has 1 saturated carbocycles. The molecule has 0 heterocycles. The summed E-state index contributed by atoms with van der Waals surface area (Å²) in [4.78, 5) is 23.2. The normalized spacial score (nSPS) is 20.4. The Kier molecular flexibility index (Phi) is 5.22. The smallest absolute Gasteiger partial charge is 0.307 e. The van der Waals surface area contributed by atoms with Gasteiger partial charge in [0.25, 0.3) is 0 Å². The quantitative estimate of drug-likeness (QED) is 0.868. The van der Waals surface area contributed by atoms with Gasteiger partial charge in [-0.25, -0.2) is 0 Å². The van der Waals surface area contributed by atoms with Crippen molar-refractivity contribution in [1.82, 2.24) is 0 Å². The van der Waals surface area contributed by atoms with Crippen LogP contribution in [0.5, 0.6) is 0 Å². The fourth-order valence-electron chi connectivity index (χ4n) is 3.33. The van der Waals surface area contributed by atoms with Crippen LogP contribution in [0.25, 0.3) is 0 Å². The average Bonchev–Trinajstić information content (AvgIpc) is 2.43. The Balaban J connectivity index is 2.01. The van der Waals surface area contributed by atoms with Gasteiger partial charge in [-0.2, -0.15) is 0 Å². The number of carboxylic acid groups (broad SMARTS) is 1. The van der Waals surface area contributed by atoms with Crippen molar-refractivity contribution in [1.29, 1.82) is 0 Å². The van der Waals surface area contributed by atoms with Crippen molar-refractivity contribution in [3.8, 4) is 0 Å². The summed E-state index contributed by atoms with van der Waals surface area (Å²) in [5.41, 5.74) is 1.46. The molecule has 4 nitrogen and oxygen atoms in total. The highest BCUT2D eigenvalue weighted by molar-refractivity contribution is 5.92. The molecule has 1 aliphatic carbocycles. The lowest BCUT2D eigenvalue weighted by atomic mass is 9.67. The van der Waals surface area contributed by atoms with E-state index < -0.39 is 5.97 Å². The van der Waals surface area contributed by atoms with Gasteiger partial charge in [-0.05, 0) is 35.8 Å². The van der Waals surface area contributed by atoms with E-state index in [-0.39, 0.29) is 17.7 Å². The minimum Gasteiger partial charge on any atom is -0.481 e. The topological polar surface area (TPSA) is 66.4 Å². The summed E-state index contributed by atoms with van der Waals surface area (Å²) < 4.78 is 0. The number of anilines is 1. The summed E-state index contributed by atoms with van der Waals surface area (Å²) in [6.07, 6.45) is 5.13. The molecule has 1 aliphatic rings. The van der Waals surface area contributed by atoms with E-state index in [0.717, 1.165) is 6.42 Å². The van der Waals surface area contributed by atoms with Crippen LogP contribution in [0.1, 0.15) is 51.5 Å². The number of hydrogen-bond acceptors (Lipinski definition) is 2. The number of hydrogen-bond donors (Lipinski definition) is 2. The molecule has 0 radical (unpaired) electrons. The molecule has 0 bridgehead atoms. The van der Waals surface area contributed by atoms with Gasteiger partial charge in [-0.1, -0.05) is 44.9 Å². The maximum absolute atomic E-state index is 12.3. The molecule has 1 amide bonds. The third-order valence-corrected chi connectivity index (χ3v) is 4.79. The molecule has 0 aliphatic heterocycles. The molecular weight excluding hydrogens is 278 g/mol. The third kappa shape index (κ3) is 4.33. The number of aliphatic carboxylic acids is 1. The van der Waals surface area contributed by atoms with Crippen LogP contribution in [0, 0.1) is 11.3 Å². The Morgan fingerprint density at radius 3 is 2.68 bits per heavy atom. The van der Waals surface area contributed by atoms with Crippen molar-refractivity contribution in [3.63, 3.8) is 0 Å². The second kappa shape index (κ2) is 6.95. The lowest BCUT2D eigenvalue weighted by Crippen LogP contribution is -2.31. The van der Waals surface area contributed by atoms with Crippen LogP contribution in [0.4, 0.5) is 5.69 Å². The molecule has 2 rings (SSSR count). The van der Waals surface area contributed by atoms with Crippen molar-refractivity contribution >= 4 is 17.6 Å². The number of carbonyl (C=O) groups excluding carboxylic acids is 1. The molecule has 1 unspecified atom stereocenters. The van der Waals surface area contributed by atoms with Crippen LogP contribution in [0.15, 0.2) is 24.3 Å². The first-order valence-electron chi connectivity index (χ1n) is 7.98. The van der Waals surface area contributed by atoms with Gasteiger partial charge in [0.05, 0.1) is 6.42 Å². The summed E-state index contributed by atoms with van der Waals surface area (Å²) in [5.74, 6) is -0.513. The van der Waals surface area contributed by atoms with E-state index in [0.29, 0.717) is 23.6 Å². The van der Waals surface area contributed by atoms with E-state index in [1.807, 2.05) is 6.07 Å².